The first-order chi connectivity index (χ1) is 5.75. The van der Waals surface area contributed by atoms with Gasteiger partial charge in [-0.3, -0.25) is 0 Å². The summed E-state index contributed by atoms with van der Waals surface area (Å²) in [5, 5.41) is 6.90. The Morgan fingerprint density at radius 3 is 2.33 bits per heavy atom. The zero-order valence-corrected chi connectivity index (χ0v) is 8.04. The third-order valence-electron chi connectivity index (χ3n) is 3.61. The van der Waals surface area contributed by atoms with Gasteiger partial charge in [-0.15, -0.1) is 0 Å². The monoisotopic (exact) mass is 166 g/mol. The van der Waals surface area contributed by atoms with Crippen molar-refractivity contribution in [2.75, 3.05) is 19.6 Å². The highest BCUT2D eigenvalue weighted by molar-refractivity contribution is 5.25. The summed E-state index contributed by atoms with van der Waals surface area (Å²) in [4.78, 5) is 0. The van der Waals surface area contributed by atoms with Gasteiger partial charge >= 0.3 is 0 Å². The Morgan fingerprint density at radius 2 is 1.83 bits per heavy atom. The summed E-state index contributed by atoms with van der Waals surface area (Å²) in [6.45, 7) is 8.04. The molecule has 0 unspecified atom stereocenters. The Hall–Kier alpha value is -0.500. The topological polar surface area (TPSA) is 24.1 Å². The average Bonchev–Trinajstić information content (AvgIpc) is 2.37. The highest BCUT2D eigenvalue weighted by Crippen LogP contribution is 2.40. The predicted octanol–water partition coefficient (Wildman–Crippen LogP) is 1.25. The molecule has 1 fully saturated rings. The predicted molar refractivity (Wildman–Crippen MR) is 50.9 cm³/mol. The van der Waals surface area contributed by atoms with E-state index in [1.165, 1.54) is 38.2 Å². The molecule has 2 aliphatic heterocycles. The molecule has 2 nitrogen and oxygen atoms in total. The van der Waals surface area contributed by atoms with Crippen LogP contribution in [0.1, 0.15) is 26.7 Å². The van der Waals surface area contributed by atoms with E-state index in [1.807, 2.05) is 0 Å². The second-order valence-corrected chi connectivity index (χ2v) is 4.13. The smallest absolute Gasteiger partial charge is 0.0239 e. The molecule has 0 atom stereocenters. The van der Waals surface area contributed by atoms with Crippen molar-refractivity contribution in [1.82, 2.24) is 10.6 Å². The van der Waals surface area contributed by atoms with Gasteiger partial charge in [-0.1, -0.05) is 0 Å². The lowest BCUT2D eigenvalue weighted by Crippen LogP contribution is -2.39. The third-order valence-corrected chi connectivity index (χ3v) is 3.61. The SMILES string of the molecule is CC1=C(C)C2(CCNCC2)CN1. The van der Waals surface area contributed by atoms with Gasteiger partial charge in [0, 0.05) is 17.7 Å². The van der Waals surface area contributed by atoms with Crippen LogP contribution < -0.4 is 10.6 Å². The molecule has 2 N–H and O–H groups in total. The van der Waals surface area contributed by atoms with Crippen LogP contribution in [0.5, 0.6) is 0 Å². The second-order valence-electron chi connectivity index (χ2n) is 4.13. The third kappa shape index (κ3) is 1.06. The molecule has 0 bridgehead atoms. The van der Waals surface area contributed by atoms with Gasteiger partial charge in [0.15, 0.2) is 0 Å². The van der Waals surface area contributed by atoms with Gasteiger partial charge in [0.2, 0.25) is 0 Å². The van der Waals surface area contributed by atoms with Gasteiger partial charge in [-0.05, 0) is 45.4 Å². The Bertz CT molecular complexity index is 212. The van der Waals surface area contributed by atoms with Gasteiger partial charge in [-0.2, -0.15) is 0 Å². The van der Waals surface area contributed by atoms with Crippen molar-refractivity contribution in [2.24, 2.45) is 5.41 Å². The summed E-state index contributed by atoms with van der Waals surface area (Å²) in [6.07, 6.45) is 2.62. The Balaban J connectivity index is 2.21. The zero-order chi connectivity index (χ0) is 8.60. The molecule has 2 aliphatic rings. The van der Waals surface area contributed by atoms with E-state index in [4.69, 9.17) is 0 Å². The van der Waals surface area contributed by atoms with E-state index in [0.717, 1.165) is 0 Å². The molecule has 1 spiro atoms. The van der Waals surface area contributed by atoms with Crippen molar-refractivity contribution in [2.45, 2.75) is 26.7 Å². The molecule has 0 aliphatic carbocycles. The lowest BCUT2D eigenvalue weighted by Gasteiger charge is -2.34. The standard InChI is InChI=1S/C10H18N2/c1-8-9(2)12-7-10(8)3-5-11-6-4-10/h11-12H,3-7H2,1-2H3. The quantitative estimate of drug-likeness (QED) is 0.566. The summed E-state index contributed by atoms with van der Waals surface area (Å²) >= 11 is 0. The maximum atomic E-state index is 3.48. The van der Waals surface area contributed by atoms with E-state index in [-0.39, 0.29) is 0 Å². The lowest BCUT2D eigenvalue weighted by atomic mass is 9.75. The number of hydrogen-bond donors (Lipinski definition) is 2. The summed E-state index contributed by atoms with van der Waals surface area (Å²) in [7, 11) is 0. The van der Waals surface area contributed by atoms with Crippen LogP contribution in [0.4, 0.5) is 0 Å². The maximum absolute atomic E-state index is 3.48. The van der Waals surface area contributed by atoms with Crippen molar-refractivity contribution in [1.29, 1.82) is 0 Å². The van der Waals surface area contributed by atoms with E-state index < -0.39 is 0 Å². The van der Waals surface area contributed by atoms with Crippen LogP contribution in [0.25, 0.3) is 0 Å². The average molecular weight is 166 g/mol. The van der Waals surface area contributed by atoms with E-state index in [2.05, 4.69) is 24.5 Å². The van der Waals surface area contributed by atoms with Crippen LogP contribution in [0.2, 0.25) is 0 Å². The largest absolute Gasteiger partial charge is 0.388 e. The number of nitrogens with one attached hydrogen (secondary N) is 2. The van der Waals surface area contributed by atoms with Crippen LogP contribution in [0.3, 0.4) is 0 Å². The maximum Gasteiger partial charge on any atom is 0.0239 e. The zero-order valence-electron chi connectivity index (χ0n) is 8.04. The molecule has 68 valence electrons. The second kappa shape index (κ2) is 2.77. The Morgan fingerprint density at radius 1 is 1.17 bits per heavy atom. The highest BCUT2D eigenvalue weighted by Gasteiger charge is 2.37. The minimum Gasteiger partial charge on any atom is -0.388 e. The van der Waals surface area contributed by atoms with Gasteiger partial charge in [0.1, 0.15) is 0 Å². The molecule has 12 heavy (non-hydrogen) atoms. The van der Waals surface area contributed by atoms with Crippen LogP contribution in [0, 0.1) is 5.41 Å². The molecule has 0 amide bonds. The van der Waals surface area contributed by atoms with Crippen LogP contribution in [-0.2, 0) is 0 Å². The number of hydrogen-bond acceptors (Lipinski definition) is 2. The lowest BCUT2D eigenvalue weighted by molar-refractivity contribution is 0.268. The molecule has 2 heterocycles. The summed E-state index contributed by atoms with van der Waals surface area (Å²) in [6, 6.07) is 0. The molecule has 0 saturated carbocycles. The van der Waals surface area contributed by atoms with Gasteiger partial charge < -0.3 is 10.6 Å². The normalized spacial score (nSPS) is 27.8. The van der Waals surface area contributed by atoms with Crippen LogP contribution >= 0.6 is 0 Å². The molecule has 2 rings (SSSR count). The van der Waals surface area contributed by atoms with Crippen LogP contribution in [0.15, 0.2) is 11.3 Å². The molecule has 0 aromatic rings. The van der Waals surface area contributed by atoms with Gasteiger partial charge in [0.25, 0.3) is 0 Å². The number of piperidine rings is 1. The van der Waals surface area contributed by atoms with Crippen molar-refractivity contribution in [3.05, 3.63) is 11.3 Å². The minimum absolute atomic E-state index is 0.509. The van der Waals surface area contributed by atoms with E-state index in [0.29, 0.717) is 5.41 Å². The molecular weight excluding hydrogens is 148 g/mol. The van der Waals surface area contributed by atoms with E-state index in [1.54, 1.807) is 5.57 Å². The highest BCUT2D eigenvalue weighted by atomic mass is 15.0. The first kappa shape index (κ1) is 8.11. The van der Waals surface area contributed by atoms with Crippen molar-refractivity contribution < 1.29 is 0 Å². The van der Waals surface area contributed by atoms with E-state index >= 15 is 0 Å². The molecular formula is C10H18N2. The fourth-order valence-corrected chi connectivity index (χ4v) is 2.42. The number of allylic oxidation sites excluding steroid dienone is 1. The Labute approximate surface area is 74.4 Å². The molecule has 0 radical (unpaired) electrons. The molecule has 0 aromatic carbocycles. The minimum atomic E-state index is 0.509. The summed E-state index contributed by atoms with van der Waals surface area (Å²) in [5.41, 5.74) is 3.52. The molecule has 2 heteroatoms. The molecule has 0 aromatic heterocycles. The summed E-state index contributed by atoms with van der Waals surface area (Å²) in [5.74, 6) is 0. The number of rotatable bonds is 0. The van der Waals surface area contributed by atoms with Crippen molar-refractivity contribution >= 4 is 0 Å². The first-order valence-electron chi connectivity index (χ1n) is 4.87. The fraction of sp³-hybridized carbons (Fsp3) is 0.800. The van der Waals surface area contributed by atoms with Crippen molar-refractivity contribution in [3.8, 4) is 0 Å². The van der Waals surface area contributed by atoms with E-state index in [9.17, 15) is 0 Å². The Kier molecular flexibility index (Phi) is 1.87. The van der Waals surface area contributed by atoms with Gasteiger partial charge in [0.05, 0.1) is 0 Å². The molecule has 1 saturated heterocycles. The summed E-state index contributed by atoms with van der Waals surface area (Å²) < 4.78 is 0. The van der Waals surface area contributed by atoms with Crippen molar-refractivity contribution in [3.63, 3.8) is 0 Å². The van der Waals surface area contributed by atoms with Gasteiger partial charge in [-0.25, -0.2) is 0 Å². The fourth-order valence-electron chi connectivity index (χ4n) is 2.42. The first-order valence-corrected chi connectivity index (χ1v) is 4.87. The van der Waals surface area contributed by atoms with Crippen LogP contribution in [-0.4, -0.2) is 19.6 Å².